The van der Waals surface area contributed by atoms with E-state index in [0.29, 0.717) is 18.2 Å². The highest BCUT2D eigenvalue weighted by Crippen LogP contribution is 2.13. The molecule has 0 atom stereocenters. The van der Waals surface area contributed by atoms with Gasteiger partial charge < -0.3 is 19.9 Å². The Morgan fingerprint density at radius 2 is 2.24 bits per heavy atom. The molecule has 1 aromatic carbocycles. The van der Waals surface area contributed by atoms with E-state index in [1.165, 1.54) is 0 Å². The number of carbonyl (C=O) groups is 1. The summed E-state index contributed by atoms with van der Waals surface area (Å²) in [6, 6.07) is 9.44. The minimum Gasteiger partial charge on any atom is -0.493 e. The highest BCUT2D eigenvalue weighted by molar-refractivity contribution is 5.89. The molecule has 0 aliphatic carbocycles. The molecule has 6 nitrogen and oxygen atoms in total. The first-order chi connectivity index (χ1) is 10.2. The lowest BCUT2D eigenvalue weighted by molar-refractivity contribution is -0.116. The van der Waals surface area contributed by atoms with E-state index in [9.17, 15) is 4.79 Å². The van der Waals surface area contributed by atoms with Crippen molar-refractivity contribution in [2.45, 2.75) is 19.9 Å². The third kappa shape index (κ3) is 4.92. The van der Waals surface area contributed by atoms with Crippen LogP contribution in [0.2, 0.25) is 0 Å². The SMILES string of the molecule is CNCc1cccc(OCCC(=O)Nc2cc(C)on2)c1. The van der Waals surface area contributed by atoms with Crippen LogP contribution in [0, 0.1) is 6.92 Å². The van der Waals surface area contributed by atoms with E-state index >= 15 is 0 Å². The number of anilines is 1. The fourth-order valence-electron chi connectivity index (χ4n) is 1.84. The van der Waals surface area contributed by atoms with Gasteiger partial charge in [-0.25, -0.2) is 0 Å². The number of carbonyl (C=O) groups excluding carboxylic acids is 1. The minimum atomic E-state index is -0.158. The average molecular weight is 289 g/mol. The van der Waals surface area contributed by atoms with Gasteiger partial charge in [0.15, 0.2) is 5.82 Å². The Balaban J connectivity index is 1.76. The Bertz CT molecular complexity index is 595. The van der Waals surface area contributed by atoms with Crippen molar-refractivity contribution in [3.05, 3.63) is 41.7 Å². The molecule has 0 radical (unpaired) electrons. The number of hydrogen-bond acceptors (Lipinski definition) is 5. The van der Waals surface area contributed by atoms with Crippen LogP contribution in [0.25, 0.3) is 0 Å². The molecule has 0 fully saturated rings. The largest absolute Gasteiger partial charge is 0.493 e. The van der Waals surface area contributed by atoms with Gasteiger partial charge in [0, 0.05) is 12.6 Å². The van der Waals surface area contributed by atoms with Crippen molar-refractivity contribution in [2.75, 3.05) is 19.0 Å². The van der Waals surface area contributed by atoms with Crippen LogP contribution in [0.5, 0.6) is 5.75 Å². The number of ether oxygens (including phenoxy) is 1. The first-order valence-corrected chi connectivity index (χ1v) is 6.77. The Morgan fingerprint density at radius 1 is 1.38 bits per heavy atom. The molecule has 0 aliphatic heterocycles. The summed E-state index contributed by atoms with van der Waals surface area (Å²) in [5.41, 5.74) is 1.14. The van der Waals surface area contributed by atoms with Crippen LogP contribution in [-0.4, -0.2) is 24.7 Å². The van der Waals surface area contributed by atoms with Crippen molar-refractivity contribution in [1.29, 1.82) is 0 Å². The standard InChI is InChI=1S/C15H19N3O3/c1-11-8-14(18-21-11)17-15(19)6-7-20-13-5-3-4-12(9-13)10-16-2/h3-5,8-9,16H,6-7,10H2,1-2H3,(H,17,18,19). The van der Waals surface area contributed by atoms with E-state index < -0.39 is 0 Å². The van der Waals surface area contributed by atoms with Crippen molar-refractivity contribution < 1.29 is 14.1 Å². The fourth-order valence-corrected chi connectivity index (χ4v) is 1.84. The first-order valence-electron chi connectivity index (χ1n) is 6.77. The summed E-state index contributed by atoms with van der Waals surface area (Å²) in [5, 5.41) is 9.43. The first kappa shape index (κ1) is 15.1. The van der Waals surface area contributed by atoms with Crippen LogP contribution in [0.4, 0.5) is 5.82 Å². The van der Waals surface area contributed by atoms with Crippen molar-refractivity contribution in [2.24, 2.45) is 0 Å². The number of aromatic nitrogens is 1. The second-order valence-corrected chi connectivity index (χ2v) is 4.65. The molecule has 1 amide bonds. The second-order valence-electron chi connectivity index (χ2n) is 4.65. The van der Waals surface area contributed by atoms with Gasteiger partial charge in [-0.1, -0.05) is 17.3 Å². The molecular formula is C15H19N3O3. The van der Waals surface area contributed by atoms with Gasteiger partial charge in [0.05, 0.1) is 13.0 Å². The third-order valence-corrected chi connectivity index (χ3v) is 2.77. The van der Waals surface area contributed by atoms with E-state index in [4.69, 9.17) is 9.26 Å². The molecular weight excluding hydrogens is 270 g/mol. The van der Waals surface area contributed by atoms with Crippen LogP contribution in [0.1, 0.15) is 17.7 Å². The quantitative estimate of drug-likeness (QED) is 0.816. The highest BCUT2D eigenvalue weighted by Gasteiger charge is 2.06. The highest BCUT2D eigenvalue weighted by atomic mass is 16.5. The summed E-state index contributed by atoms with van der Waals surface area (Å²) in [5.74, 6) is 1.68. The molecule has 21 heavy (non-hydrogen) atoms. The summed E-state index contributed by atoms with van der Waals surface area (Å²) < 4.78 is 10.4. The van der Waals surface area contributed by atoms with Gasteiger partial charge in [-0.15, -0.1) is 0 Å². The number of hydrogen-bond donors (Lipinski definition) is 2. The predicted molar refractivity (Wildman–Crippen MR) is 79.2 cm³/mol. The lowest BCUT2D eigenvalue weighted by Crippen LogP contribution is -2.15. The number of amides is 1. The fraction of sp³-hybridized carbons (Fsp3) is 0.333. The minimum absolute atomic E-state index is 0.158. The third-order valence-electron chi connectivity index (χ3n) is 2.77. The average Bonchev–Trinajstić information content (AvgIpc) is 2.85. The Hall–Kier alpha value is -2.34. The van der Waals surface area contributed by atoms with Gasteiger partial charge in [-0.05, 0) is 31.7 Å². The number of nitrogens with one attached hydrogen (secondary N) is 2. The van der Waals surface area contributed by atoms with Crippen LogP contribution in [-0.2, 0) is 11.3 Å². The van der Waals surface area contributed by atoms with Crippen LogP contribution < -0.4 is 15.4 Å². The molecule has 1 aromatic heterocycles. The molecule has 112 valence electrons. The topological polar surface area (TPSA) is 76.4 Å². The Morgan fingerprint density at radius 3 is 2.95 bits per heavy atom. The predicted octanol–water partition coefficient (Wildman–Crippen LogP) is 2.11. The molecule has 0 unspecified atom stereocenters. The lowest BCUT2D eigenvalue weighted by atomic mass is 10.2. The molecule has 0 aliphatic rings. The van der Waals surface area contributed by atoms with Crippen LogP contribution in [0.15, 0.2) is 34.9 Å². The molecule has 0 saturated carbocycles. The van der Waals surface area contributed by atoms with E-state index in [0.717, 1.165) is 17.9 Å². The van der Waals surface area contributed by atoms with Gasteiger partial charge in [-0.3, -0.25) is 4.79 Å². The zero-order valence-corrected chi connectivity index (χ0v) is 12.2. The summed E-state index contributed by atoms with van der Waals surface area (Å²) in [6.07, 6.45) is 0.252. The van der Waals surface area contributed by atoms with E-state index in [-0.39, 0.29) is 12.3 Å². The maximum absolute atomic E-state index is 11.7. The summed E-state index contributed by atoms with van der Waals surface area (Å²) in [7, 11) is 1.89. The molecule has 2 aromatic rings. The van der Waals surface area contributed by atoms with Gasteiger partial charge in [0.25, 0.3) is 0 Å². The lowest BCUT2D eigenvalue weighted by Gasteiger charge is -2.07. The maximum atomic E-state index is 11.7. The molecule has 0 bridgehead atoms. The van der Waals surface area contributed by atoms with Crippen molar-refractivity contribution in [3.63, 3.8) is 0 Å². The van der Waals surface area contributed by atoms with Crippen LogP contribution in [0.3, 0.4) is 0 Å². The molecule has 0 spiro atoms. The van der Waals surface area contributed by atoms with E-state index in [1.807, 2.05) is 31.3 Å². The molecule has 2 N–H and O–H groups in total. The molecule has 0 saturated heterocycles. The number of aryl methyl sites for hydroxylation is 1. The monoisotopic (exact) mass is 289 g/mol. The van der Waals surface area contributed by atoms with Crippen LogP contribution >= 0.6 is 0 Å². The van der Waals surface area contributed by atoms with Gasteiger partial charge >= 0.3 is 0 Å². The Labute approximate surface area is 123 Å². The summed E-state index contributed by atoms with van der Waals surface area (Å²) in [4.78, 5) is 11.7. The Kier molecular flexibility index (Phi) is 5.34. The maximum Gasteiger partial charge on any atom is 0.229 e. The van der Waals surface area contributed by atoms with E-state index in [2.05, 4.69) is 15.8 Å². The van der Waals surface area contributed by atoms with Gasteiger partial charge in [0.2, 0.25) is 5.91 Å². The van der Waals surface area contributed by atoms with Gasteiger partial charge in [0.1, 0.15) is 11.5 Å². The zero-order valence-electron chi connectivity index (χ0n) is 12.2. The number of rotatable bonds is 7. The second kappa shape index (κ2) is 7.44. The number of nitrogens with zero attached hydrogens (tertiary/aromatic N) is 1. The van der Waals surface area contributed by atoms with E-state index in [1.54, 1.807) is 13.0 Å². The molecule has 1 heterocycles. The molecule has 6 heteroatoms. The zero-order chi connectivity index (χ0) is 15.1. The summed E-state index contributed by atoms with van der Waals surface area (Å²) in [6.45, 7) is 2.86. The summed E-state index contributed by atoms with van der Waals surface area (Å²) >= 11 is 0. The smallest absolute Gasteiger partial charge is 0.229 e. The normalized spacial score (nSPS) is 10.4. The number of benzene rings is 1. The van der Waals surface area contributed by atoms with Crippen molar-refractivity contribution in [1.82, 2.24) is 10.5 Å². The van der Waals surface area contributed by atoms with Crippen molar-refractivity contribution in [3.8, 4) is 5.75 Å². The molecule has 2 rings (SSSR count). The van der Waals surface area contributed by atoms with Crippen molar-refractivity contribution >= 4 is 11.7 Å². The van der Waals surface area contributed by atoms with Gasteiger partial charge in [-0.2, -0.15) is 0 Å².